The normalized spacial score (nSPS) is 15.3. The minimum atomic E-state index is -0.521. The Morgan fingerprint density at radius 1 is 1.35 bits per heavy atom. The third kappa shape index (κ3) is 3.13. The molecule has 0 saturated heterocycles. The van der Waals surface area contributed by atoms with Crippen LogP contribution in [0.25, 0.3) is 0 Å². The molecule has 1 saturated carbocycles. The molecule has 110 valence electrons. The van der Waals surface area contributed by atoms with E-state index in [0.29, 0.717) is 5.82 Å². The summed E-state index contributed by atoms with van der Waals surface area (Å²) in [5.74, 6) is 0.522. The Morgan fingerprint density at radius 3 is 2.60 bits per heavy atom. The molecule has 0 atom stereocenters. The summed E-state index contributed by atoms with van der Waals surface area (Å²) in [6, 6.07) is 0.212. The third-order valence-electron chi connectivity index (χ3n) is 3.24. The molecule has 1 fully saturated rings. The van der Waals surface area contributed by atoms with Gasteiger partial charge in [-0.05, 0) is 12.8 Å². The van der Waals surface area contributed by atoms with Gasteiger partial charge in [0.2, 0.25) is 5.82 Å². The highest BCUT2D eigenvalue weighted by molar-refractivity contribution is 5.62. The summed E-state index contributed by atoms with van der Waals surface area (Å²) in [4.78, 5) is 18.9. The van der Waals surface area contributed by atoms with Crippen molar-refractivity contribution in [1.29, 1.82) is 0 Å². The summed E-state index contributed by atoms with van der Waals surface area (Å²) in [7, 11) is 2.87. The van der Waals surface area contributed by atoms with Crippen LogP contribution in [-0.2, 0) is 11.3 Å². The van der Waals surface area contributed by atoms with E-state index in [4.69, 9.17) is 9.47 Å². The Bertz CT molecular complexity index is 489. The van der Waals surface area contributed by atoms with Gasteiger partial charge >= 0.3 is 5.69 Å². The van der Waals surface area contributed by atoms with Crippen molar-refractivity contribution < 1.29 is 14.4 Å². The summed E-state index contributed by atoms with van der Waals surface area (Å²) in [5.41, 5.74) is -0.223. The number of nitrogens with one attached hydrogen (secondary N) is 1. The molecule has 0 aliphatic heterocycles. The molecule has 1 aromatic heterocycles. The van der Waals surface area contributed by atoms with Crippen molar-refractivity contribution in [2.24, 2.45) is 0 Å². The van der Waals surface area contributed by atoms with Crippen molar-refractivity contribution in [2.75, 3.05) is 19.5 Å². The second kappa shape index (κ2) is 6.47. The fourth-order valence-electron chi connectivity index (χ4n) is 2.34. The van der Waals surface area contributed by atoms with Gasteiger partial charge in [-0.15, -0.1) is 0 Å². The highest BCUT2D eigenvalue weighted by Gasteiger charge is 2.28. The molecule has 1 heterocycles. The number of hydrogen-bond acceptors (Lipinski definition) is 7. The summed E-state index contributed by atoms with van der Waals surface area (Å²) >= 11 is 0. The zero-order valence-electron chi connectivity index (χ0n) is 11.6. The molecule has 0 radical (unpaired) electrons. The van der Waals surface area contributed by atoms with E-state index in [-0.39, 0.29) is 30.0 Å². The number of methoxy groups -OCH3 is 2. The first-order valence-corrected chi connectivity index (χ1v) is 6.50. The number of nitro groups is 1. The average Bonchev–Trinajstić information content (AvgIpc) is 2.91. The third-order valence-corrected chi connectivity index (χ3v) is 3.24. The lowest BCUT2D eigenvalue weighted by Gasteiger charge is -2.14. The minimum Gasteiger partial charge on any atom is -0.476 e. The van der Waals surface area contributed by atoms with Crippen molar-refractivity contribution in [2.45, 2.75) is 38.3 Å². The SMILES string of the molecule is COCc1nc(NC2CCCC2)c([N+](=O)[O-])c(OC)n1. The van der Waals surface area contributed by atoms with Crippen LogP contribution in [0.1, 0.15) is 31.5 Å². The molecule has 1 aliphatic rings. The summed E-state index contributed by atoms with van der Waals surface area (Å²) in [6.45, 7) is 0.174. The molecule has 2 rings (SSSR count). The van der Waals surface area contributed by atoms with Crippen LogP contribution in [0, 0.1) is 10.1 Å². The fourth-order valence-corrected chi connectivity index (χ4v) is 2.34. The number of anilines is 1. The molecule has 0 aromatic carbocycles. The van der Waals surface area contributed by atoms with Crippen LogP contribution >= 0.6 is 0 Å². The first-order valence-electron chi connectivity index (χ1n) is 6.50. The first-order chi connectivity index (χ1) is 9.65. The molecular formula is C12H18N4O4. The molecule has 0 unspecified atom stereocenters. The quantitative estimate of drug-likeness (QED) is 0.628. The Hall–Kier alpha value is -1.96. The largest absolute Gasteiger partial charge is 0.476 e. The smallest absolute Gasteiger partial charge is 0.372 e. The van der Waals surface area contributed by atoms with E-state index in [2.05, 4.69) is 15.3 Å². The van der Waals surface area contributed by atoms with E-state index in [1.54, 1.807) is 0 Å². The van der Waals surface area contributed by atoms with Gasteiger partial charge in [-0.2, -0.15) is 4.98 Å². The summed E-state index contributed by atoms with van der Waals surface area (Å²) < 4.78 is 9.98. The predicted octanol–water partition coefficient (Wildman–Crippen LogP) is 1.89. The monoisotopic (exact) mass is 282 g/mol. The number of aromatic nitrogens is 2. The van der Waals surface area contributed by atoms with Gasteiger partial charge in [0, 0.05) is 13.2 Å². The van der Waals surface area contributed by atoms with E-state index in [0.717, 1.165) is 25.7 Å². The zero-order valence-corrected chi connectivity index (χ0v) is 11.6. The standard InChI is InChI=1S/C12H18N4O4/c1-19-7-9-14-11(13-8-5-3-4-6-8)10(16(17)18)12(15-9)20-2/h8H,3-7H2,1-2H3,(H,13,14,15). The van der Waals surface area contributed by atoms with Gasteiger partial charge in [0.1, 0.15) is 6.61 Å². The molecule has 20 heavy (non-hydrogen) atoms. The Kier molecular flexibility index (Phi) is 4.67. The van der Waals surface area contributed by atoms with Crippen LogP contribution in [-0.4, -0.2) is 35.2 Å². The van der Waals surface area contributed by atoms with Crippen LogP contribution < -0.4 is 10.1 Å². The van der Waals surface area contributed by atoms with Crippen LogP contribution in [0.2, 0.25) is 0 Å². The highest BCUT2D eigenvalue weighted by Crippen LogP contribution is 2.33. The first kappa shape index (κ1) is 14.4. The number of nitrogens with zero attached hydrogens (tertiary/aromatic N) is 3. The van der Waals surface area contributed by atoms with E-state index in [1.807, 2.05) is 0 Å². The molecule has 8 nitrogen and oxygen atoms in total. The minimum absolute atomic E-state index is 0.0439. The second-order valence-corrected chi connectivity index (χ2v) is 4.66. The average molecular weight is 282 g/mol. The molecule has 0 spiro atoms. The van der Waals surface area contributed by atoms with Gasteiger partial charge in [-0.3, -0.25) is 10.1 Å². The summed E-state index contributed by atoms with van der Waals surface area (Å²) in [5, 5.41) is 14.4. The Morgan fingerprint density at radius 2 is 2.05 bits per heavy atom. The molecule has 1 N–H and O–H groups in total. The van der Waals surface area contributed by atoms with Crippen molar-refractivity contribution in [3.8, 4) is 5.88 Å². The predicted molar refractivity (Wildman–Crippen MR) is 71.8 cm³/mol. The summed E-state index contributed by atoms with van der Waals surface area (Å²) in [6.07, 6.45) is 4.23. The maximum atomic E-state index is 11.2. The van der Waals surface area contributed by atoms with Crippen molar-refractivity contribution in [3.63, 3.8) is 0 Å². The van der Waals surface area contributed by atoms with Gasteiger partial charge in [0.25, 0.3) is 5.88 Å². The number of ether oxygens (including phenoxy) is 2. The molecule has 0 bridgehead atoms. The van der Waals surface area contributed by atoms with Crippen LogP contribution in [0.4, 0.5) is 11.5 Å². The van der Waals surface area contributed by atoms with Gasteiger partial charge in [-0.1, -0.05) is 12.8 Å². The lowest BCUT2D eigenvalue weighted by molar-refractivity contribution is -0.385. The Balaban J connectivity index is 2.37. The molecule has 0 amide bonds. The molecule has 1 aromatic rings. The van der Waals surface area contributed by atoms with Gasteiger partial charge < -0.3 is 14.8 Å². The van der Waals surface area contributed by atoms with Crippen LogP contribution in [0.3, 0.4) is 0 Å². The van der Waals surface area contributed by atoms with E-state index in [9.17, 15) is 10.1 Å². The second-order valence-electron chi connectivity index (χ2n) is 4.66. The number of hydrogen-bond donors (Lipinski definition) is 1. The number of rotatable bonds is 6. The highest BCUT2D eigenvalue weighted by atomic mass is 16.6. The van der Waals surface area contributed by atoms with Crippen molar-refractivity contribution in [1.82, 2.24) is 9.97 Å². The van der Waals surface area contributed by atoms with Crippen LogP contribution in [0.15, 0.2) is 0 Å². The van der Waals surface area contributed by atoms with Gasteiger partial charge in [-0.25, -0.2) is 4.98 Å². The lowest BCUT2D eigenvalue weighted by atomic mass is 10.2. The van der Waals surface area contributed by atoms with E-state index in [1.165, 1.54) is 14.2 Å². The molecule has 8 heteroatoms. The van der Waals surface area contributed by atoms with E-state index >= 15 is 0 Å². The van der Waals surface area contributed by atoms with Crippen LogP contribution in [0.5, 0.6) is 5.88 Å². The van der Waals surface area contributed by atoms with E-state index < -0.39 is 4.92 Å². The zero-order chi connectivity index (χ0) is 14.5. The maximum absolute atomic E-state index is 11.2. The molecule has 1 aliphatic carbocycles. The van der Waals surface area contributed by atoms with Gasteiger partial charge in [0.15, 0.2) is 5.82 Å². The van der Waals surface area contributed by atoms with Gasteiger partial charge in [0.05, 0.1) is 12.0 Å². The Labute approximate surface area is 116 Å². The van der Waals surface area contributed by atoms with Crippen molar-refractivity contribution >= 4 is 11.5 Å². The fraction of sp³-hybridized carbons (Fsp3) is 0.667. The van der Waals surface area contributed by atoms with Crippen molar-refractivity contribution in [3.05, 3.63) is 15.9 Å². The maximum Gasteiger partial charge on any atom is 0.372 e. The topological polar surface area (TPSA) is 99.4 Å². The lowest BCUT2D eigenvalue weighted by Crippen LogP contribution is -2.18. The molecular weight excluding hydrogens is 264 g/mol.